The molecule has 0 aliphatic heterocycles. The van der Waals surface area contributed by atoms with Crippen LogP contribution in [0.25, 0.3) is 0 Å². The molecule has 16 heavy (non-hydrogen) atoms. The summed E-state index contributed by atoms with van der Waals surface area (Å²) >= 11 is 0. The largest absolute Gasteiger partial charge is 0.411 e. The van der Waals surface area contributed by atoms with Gasteiger partial charge in [-0.05, 0) is 32.1 Å². The fourth-order valence-electron chi connectivity index (χ4n) is 2.10. The van der Waals surface area contributed by atoms with Crippen LogP contribution in [0, 0.1) is 0 Å². The Bertz CT molecular complexity index is 346. The quantitative estimate of drug-likeness (QED) is 0.747. The normalized spacial score (nSPS) is 12.5. The summed E-state index contributed by atoms with van der Waals surface area (Å²) in [4.78, 5) is 0. The molecule has 3 heteroatoms. The van der Waals surface area contributed by atoms with Gasteiger partial charge in [0.15, 0.2) is 0 Å². The third-order valence-corrected chi connectivity index (χ3v) is 7.20. The van der Waals surface area contributed by atoms with Gasteiger partial charge in [-0.1, -0.05) is 42.5 Å². The van der Waals surface area contributed by atoms with Gasteiger partial charge in [0.05, 0.1) is 8.80 Å². The highest BCUT2D eigenvalue weighted by molar-refractivity contribution is 6.90. The van der Waals surface area contributed by atoms with Crippen molar-refractivity contribution in [3.05, 3.63) is 24.3 Å². The van der Waals surface area contributed by atoms with E-state index in [1.165, 1.54) is 5.19 Å². The van der Waals surface area contributed by atoms with Gasteiger partial charge in [0.25, 0.3) is 0 Å². The molecule has 0 atom stereocenters. The van der Waals surface area contributed by atoms with E-state index in [4.69, 9.17) is 4.43 Å². The Labute approximate surface area is 103 Å². The number of hydrogen-bond acceptors (Lipinski definition) is 1. The Morgan fingerprint density at radius 3 is 2.19 bits per heavy atom. The molecule has 1 radical (unpaired) electrons. The summed E-state index contributed by atoms with van der Waals surface area (Å²) < 4.78 is 6.17. The number of hydrogen-bond donors (Lipinski definition) is 0. The van der Waals surface area contributed by atoms with Gasteiger partial charge in [-0.2, -0.15) is 0 Å². The molecule has 1 rings (SSSR count). The molecule has 0 aromatic heterocycles. The Hall–Kier alpha value is -0.386. The van der Waals surface area contributed by atoms with Crippen molar-refractivity contribution in [1.29, 1.82) is 0 Å². The lowest BCUT2D eigenvalue weighted by Crippen LogP contribution is -2.55. The van der Waals surface area contributed by atoms with E-state index in [9.17, 15) is 0 Å². The van der Waals surface area contributed by atoms with Gasteiger partial charge in [0.2, 0.25) is 8.32 Å². The van der Waals surface area contributed by atoms with Gasteiger partial charge in [0.1, 0.15) is 0 Å². The van der Waals surface area contributed by atoms with Crippen molar-refractivity contribution in [2.45, 2.75) is 46.1 Å². The maximum atomic E-state index is 6.17. The molecular weight excluding hydrogens is 228 g/mol. The standard InChI is InChI=1S/C13H23OSi2/c1-11(2)14-16(5,6)13-10-8-7-9-12(13)15(3)4/h7-11H,1-6H3. The lowest BCUT2D eigenvalue weighted by molar-refractivity contribution is 0.238. The van der Waals surface area contributed by atoms with Gasteiger partial charge in [0, 0.05) is 6.10 Å². The van der Waals surface area contributed by atoms with E-state index < -0.39 is 17.1 Å². The maximum Gasteiger partial charge on any atom is 0.218 e. The first-order chi connectivity index (χ1) is 7.34. The van der Waals surface area contributed by atoms with Crippen molar-refractivity contribution < 1.29 is 4.43 Å². The van der Waals surface area contributed by atoms with Crippen molar-refractivity contribution in [3.8, 4) is 0 Å². The lowest BCUT2D eigenvalue weighted by Gasteiger charge is -2.29. The van der Waals surface area contributed by atoms with E-state index in [-0.39, 0.29) is 0 Å². The van der Waals surface area contributed by atoms with Crippen LogP contribution in [0.4, 0.5) is 0 Å². The predicted molar refractivity (Wildman–Crippen MR) is 76.9 cm³/mol. The Morgan fingerprint density at radius 2 is 1.69 bits per heavy atom. The molecule has 0 bridgehead atoms. The molecule has 0 saturated carbocycles. The van der Waals surface area contributed by atoms with E-state index >= 15 is 0 Å². The van der Waals surface area contributed by atoms with E-state index in [1.54, 1.807) is 5.19 Å². The van der Waals surface area contributed by atoms with Gasteiger partial charge in [-0.15, -0.1) is 0 Å². The van der Waals surface area contributed by atoms with Crippen molar-refractivity contribution in [1.82, 2.24) is 0 Å². The summed E-state index contributed by atoms with van der Waals surface area (Å²) in [6, 6.07) is 8.84. The predicted octanol–water partition coefficient (Wildman–Crippen LogP) is 2.49. The minimum absolute atomic E-state index is 0.319. The van der Waals surface area contributed by atoms with Gasteiger partial charge >= 0.3 is 0 Å². The van der Waals surface area contributed by atoms with Crippen LogP contribution in [0.15, 0.2) is 24.3 Å². The van der Waals surface area contributed by atoms with Crippen LogP contribution >= 0.6 is 0 Å². The zero-order chi connectivity index (χ0) is 12.3. The van der Waals surface area contributed by atoms with Crippen LogP contribution in [-0.4, -0.2) is 23.2 Å². The fourth-order valence-corrected chi connectivity index (χ4v) is 7.34. The molecule has 0 fully saturated rings. The van der Waals surface area contributed by atoms with E-state index in [0.29, 0.717) is 6.10 Å². The molecule has 0 heterocycles. The second-order valence-corrected chi connectivity index (χ2v) is 11.6. The summed E-state index contributed by atoms with van der Waals surface area (Å²) in [6.45, 7) is 13.6. The van der Waals surface area contributed by atoms with Crippen LogP contribution in [0.2, 0.25) is 26.2 Å². The summed E-state index contributed by atoms with van der Waals surface area (Å²) in [5, 5.41) is 3.03. The van der Waals surface area contributed by atoms with Crippen LogP contribution < -0.4 is 10.4 Å². The fraction of sp³-hybridized carbons (Fsp3) is 0.538. The molecule has 0 aliphatic rings. The molecule has 0 spiro atoms. The van der Waals surface area contributed by atoms with Gasteiger partial charge < -0.3 is 4.43 Å². The molecule has 0 N–H and O–H groups in total. The van der Waals surface area contributed by atoms with Gasteiger partial charge in [-0.25, -0.2) is 0 Å². The first-order valence-corrected chi connectivity index (χ1v) is 11.3. The molecule has 89 valence electrons. The van der Waals surface area contributed by atoms with Crippen molar-refractivity contribution >= 4 is 27.5 Å². The van der Waals surface area contributed by atoms with Crippen LogP contribution in [-0.2, 0) is 4.43 Å². The van der Waals surface area contributed by atoms with Crippen molar-refractivity contribution in [3.63, 3.8) is 0 Å². The molecule has 1 aromatic carbocycles. The highest BCUT2D eigenvalue weighted by Gasteiger charge is 2.29. The highest BCUT2D eigenvalue weighted by Crippen LogP contribution is 2.08. The zero-order valence-electron chi connectivity index (χ0n) is 11.3. The molecule has 1 nitrogen and oxygen atoms in total. The molecule has 0 unspecified atom stereocenters. The molecule has 0 amide bonds. The first-order valence-electron chi connectivity index (χ1n) is 5.92. The van der Waals surface area contributed by atoms with Crippen molar-refractivity contribution in [2.24, 2.45) is 0 Å². The minimum Gasteiger partial charge on any atom is -0.411 e. The van der Waals surface area contributed by atoms with Crippen molar-refractivity contribution in [2.75, 3.05) is 0 Å². The average molecular weight is 251 g/mol. The first kappa shape index (κ1) is 13.7. The monoisotopic (exact) mass is 251 g/mol. The second-order valence-electron chi connectivity index (χ2n) is 5.22. The second kappa shape index (κ2) is 5.30. The summed E-state index contributed by atoms with van der Waals surface area (Å²) in [5.74, 6) is 0. The summed E-state index contributed by atoms with van der Waals surface area (Å²) in [6.07, 6.45) is 0.319. The third-order valence-electron chi connectivity index (χ3n) is 2.64. The Balaban J connectivity index is 3.11. The highest BCUT2D eigenvalue weighted by atomic mass is 28.4. The van der Waals surface area contributed by atoms with Crippen LogP contribution in [0.3, 0.4) is 0 Å². The molecule has 0 aliphatic carbocycles. The smallest absolute Gasteiger partial charge is 0.218 e. The van der Waals surface area contributed by atoms with E-state index in [1.807, 2.05) is 0 Å². The molecule has 0 saturated heterocycles. The summed E-state index contributed by atoms with van der Waals surface area (Å²) in [7, 11) is -2.13. The minimum atomic E-state index is -1.72. The van der Waals surface area contributed by atoms with E-state index in [2.05, 4.69) is 64.3 Å². The van der Waals surface area contributed by atoms with Crippen LogP contribution in [0.5, 0.6) is 0 Å². The Kier molecular flexibility index (Phi) is 4.53. The molecular formula is C13H23OSi2. The average Bonchev–Trinajstić information content (AvgIpc) is 2.15. The van der Waals surface area contributed by atoms with Gasteiger partial charge in [-0.3, -0.25) is 0 Å². The van der Waals surface area contributed by atoms with Crippen LogP contribution in [0.1, 0.15) is 13.8 Å². The summed E-state index contributed by atoms with van der Waals surface area (Å²) in [5.41, 5.74) is 0. The van der Waals surface area contributed by atoms with E-state index in [0.717, 1.165) is 0 Å². The lowest BCUT2D eigenvalue weighted by atomic mass is 10.4. The number of rotatable bonds is 4. The SMILES string of the molecule is CC(C)O[Si](C)(C)c1ccccc1[Si](C)C. The number of benzene rings is 1. The third kappa shape index (κ3) is 3.30. The topological polar surface area (TPSA) is 9.23 Å². The molecule has 1 aromatic rings. The maximum absolute atomic E-state index is 6.17. The zero-order valence-corrected chi connectivity index (χ0v) is 13.3. The Morgan fingerprint density at radius 1 is 1.12 bits per heavy atom.